The fourth-order valence-electron chi connectivity index (χ4n) is 3.68. The first kappa shape index (κ1) is 24.8. The lowest BCUT2D eigenvalue weighted by molar-refractivity contribution is 0.0697. The van der Waals surface area contributed by atoms with E-state index in [1.165, 1.54) is 5.69 Å². The summed E-state index contributed by atoms with van der Waals surface area (Å²) >= 11 is 3.59. The molecule has 182 valence electrons. The van der Waals surface area contributed by atoms with E-state index in [9.17, 15) is 4.79 Å². The molecule has 0 bridgehead atoms. The van der Waals surface area contributed by atoms with Gasteiger partial charge in [0, 0.05) is 25.0 Å². The van der Waals surface area contributed by atoms with Crippen molar-refractivity contribution in [3.63, 3.8) is 0 Å². The molecule has 0 aromatic heterocycles. The third-order valence-electron chi connectivity index (χ3n) is 5.50. The Hall–Kier alpha value is -3.36. The first-order valence-electron chi connectivity index (χ1n) is 11.4. The Morgan fingerprint density at radius 1 is 1.09 bits per heavy atom. The number of anilines is 1. The summed E-state index contributed by atoms with van der Waals surface area (Å²) in [5.74, 6) is 0.235. The third-order valence-corrected chi connectivity index (χ3v) is 6.09. The molecule has 8 heteroatoms. The fraction of sp³-hybridized carbons (Fsp3) is 0.259. The van der Waals surface area contributed by atoms with Crippen LogP contribution in [0.25, 0.3) is 0 Å². The van der Waals surface area contributed by atoms with Crippen LogP contribution in [0, 0.1) is 0 Å². The van der Waals surface area contributed by atoms with E-state index >= 15 is 0 Å². The monoisotopic (exact) mass is 538 g/mol. The molecule has 0 spiro atoms. The molecule has 7 nitrogen and oxygen atoms in total. The largest absolute Gasteiger partial charge is 0.490 e. The smallest absolute Gasteiger partial charge is 0.335 e. The molecule has 0 saturated carbocycles. The van der Waals surface area contributed by atoms with Crippen LogP contribution in [-0.2, 0) is 11.3 Å². The molecule has 0 unspecified atom stereocenters. The zero-order valence-electron chi connectivity index (χ0n) is 19.4. The lowest BCUT2D eigenvalue weighted by atomic mass is 10.1. The SMILES string of the molecule is CCOc1cc(C=Nc2ccc(N3CCOCC3)cc2)cc(Br)c1OCc1ccc(C(=O)O)cc1. The van der Waals surface area contributed by atoms with Gasteiger partial charge in [-0.1, -0.05) is 12.1 Å². The Morgan fingerprint density at radius 3 is 2.46 bits per heavy atom. The molecule has 0 radical (unpaired) electrons. The van der Waals surface area contributed by atoms with Crippen LogP contribution in [0.1, 0.15) is 28.4 Å². The van der Waals surface area contributed by atoms with Gasteiger partial charge in [-0.3, -0.25) is 4.99 Å². The molecule has 4 rings (SSSR count). The second-order valence-electron chi connectivity index (χ2n) is 7.93. The van der Waals surface area contributed by atoms with E-state index in [4.69, 9.17) is 19.3 Å². The minimum absolute atomic E-state index is 0.240. The van der Waals surface area contributed by atoms with E-state index < -0.39 is 5.97 Å². The van der Waals surface area contributed by atoms with Gasteiger partial charge < -0.3 is 24.2 Å². The molecule has 1 saturated heterocycles. The average Bonchev–Trinajstić information content (AvgIpc) is 2.88. The third kappa shape index (κ3) is 6.61. The maximum Gasteiger partial charge on any atom is 0.335 e. The number of aromatic carboxylic acids is 1. The maximum atomic E-state index is 11.0. The maximum absolute atomic E-state index is 11.0. The molecule has 0 amide bonds. The van der Waals surface area contributed by atoms with Gasteiger partial charge >= 0.3 is 5.97 Å². The Bertz CT molecular complexity index is 1170. The summed E-state index contributed by atoms with van der Waals surface area (Å²) in [7, 11) is 0. The van der Waals surface area contributed by atoms with Gasteiger partial charge in [0.25, 0.3) is 0 Å². The normalized spacial score (nSPS) is 13.7. The number of morpholine rings is 1. The van der Waals surface area contributed by atoms with Crippen LogP contribution in [0.2, 0.25) is 0 Å². The summed E-state index contributed by atoms with van der Waals surface area (Å²) < 4.78 is 18.0. The molecule has 35 heavy (non-hydrogen) atoms. The van der Waals surface area contributed by atoms with E-state index in [0.717, 1.165) is 47.6 Å². The number of halogens is 1. The van der Waals surface area contributed by atoms with Crippen molar-refractivity contribution in [3.8, 4) is 11.5 Å². The molecule has 3 aromatic carbocycles. The molecule has 3 aromatic rings. The highest BCUT2D eigenvalue weighted by atomic mass is 79.9. The predicted octanol–water partition coefficient (Wildman–Crippen LogP) is 5.71. The average molecular weight is 539 g/mol. The summed E-state index contributed by atoms with van der Waals surface area (Å²) in [6.07, 6.45) is 1.80. The zero-order valence-corrected chi connectivity index (χ0v) is 21.0. The number of carboxylic acids is 1. The number of hydrogen-bond donors (Lipinski definition) is 1. The highest BCUT2D eigenvalue weighted by molar-refractivity contribution is 9.10. The lowest BCUT2D eigenvalue weighted by Crippen LogP contribution is -2.36. The first-order valence-corrected chi connectivity index (χ1v) is 12.2. The number of aliphatic imine (C=N–C) groups is 1. The molecular formula is C27H27BrN2O5. The van der Waals surface area contributed by atoms with Crippen LogP contribution in [0.4, 0.5) is 11.4 Å². The number of carbonyl (C=O) groups is 1. The quantitative estimate of drug-likeness (QED) is 0.351. The van der Waals surface area contributed by atoms with Crippen LogP contribution in [-0.4, -0.2) is 50.2 Å². The Morgan fingerprint density at radius 2 is 1.80 bits per heavy atom. The van der Waals surface area contributed by atoms with Crippen LogP contribution < -0.4 is 14.4 Å². The van der Waals surface area contributed by atoms with Gasteiger partial charge in [-0.2, -0.15) is 0 Å². The van der Waals surface area contributed by atoms with E-state index in [1.54, 1.807) is 30.5 Å². The minimum Gasteiger partial charge on any atom is -0.490 e. The van der Waals surface area contributed by atoms with Crippen molar-refractivity contribution in [1.82, 2.24) is 0 Å². The molecular weight excluding hydrogens is 512 g/mol. The lowest BCUT2D eigenvalue weighted by Gasteiger charge is -2.28. The second kappa shape index (κ2) is 11.9. The molecule has 1 fully saturated rings. The van der Waals surface area contributed by atoms with Crippen molar-refractivity contribution in [1.29, 1.82) is 0 Å². The zero-order chi connectivity index (χ0) is 24.6. The molecule has 1 aliphatic heterocycles. The fourth-order valence-corrected chi connectivity index (χ4v) is 4.26. The van der Waals surface area contributed by atoms with Crippen molar-refractivity contribution >= 4 is 39.5 Å². The second-order valence-corrected chi connectivity index (χ2v) is 8.78. The van der Waals surface area contributed by atoms with Gasteiger partial charge in [0.05, 0.1) is 35.5 Å². The number of rotatable bonds is 9. The summed E-state index contributed by atoms with van der Waals surface area (Å²) in [5, 5.41) is 9.05. The van der Waals surface area contributed by atoms with E-state index in [-0.39, 0.29) is 12.2 Å². The van der Waals surface area contributed by atoms with Gasteiger partial charge in [-0.05, 0) is 82.5 Å². The van der Waals surface area contributed by atoms with Crippen molar-refractivity contribution in [2.75, 3.05) is 37.8 Å². The van der Waals surface area contributed by atoms with Crippen molar-refractivity contribution < 1.29 is 24.1 Å². The Labute approximate surface area is 213 Å². The topological polar surface area (TPSA) is 80.6 Å². The Balaban J connectivity index is 1.46. The van der Waals surface area contributed by atoms with E-state index in [2.05, 4.69) is 38.0 Å². The van der Waals surface area contributed by atoms with Crippen LogP contribution >= 0.6 is 15.9 Å². The highest BCUT2D eigenvalue weighted by Gasteiger charge is 2.13. The summed E-state index contributed by atoms with van der Waals surface area (Å²) in [4.78, 5) is 18.0. The number of ether oxygens (including phenoxy) is 3. The van der Waals surface area contributed by atoms with Crippen molar-refractivity contribution in [3.05, 3.63) is 81.8 Å². The Kier molecular flexibility index (Phi) is 8.39. The van der Waals surface area contributed by atoms with Crippen molar-refractivity contribution in [2.24, 2.45) is 4.99 Å². The van der Waals surface area contributed by atoms with Gasteiger partial charge in [0.2, 0.25) is 0 Å². The van der Waals surface area contributed by atoms with Gasteiger partial charge in [0.15, 0.2) is 11.5 Å². The molecule has 0 atom stereocenters. The standard InChI is InChI=1S/C27H27BrN2O5/c1-2-34-25-16-20(17-29-22-7-9-23(10-8-22)30-11-13-33-14-12-30)15-24(28)26(25)35-18-19-3-5-21(6-4-19)27(31)32/h3-10,15-17H,2,11-14,18H2,1H3,(H,31,32). The predicted molar refractivity (Wildman–Crippen MR) is 140 cm³/mol. The van der Waals surface area contributed by atoms with Crippen LogP contribution in [0.3, 0.4) is 0 Å². The molecule has 1 N–H and O–H groups in total. The number of benzene rings is 3. The summed E-state index contributed by atoms with van der Waals surface area (Å²) in [6, 6.07) is 18.6. The van der Waals surface area contributed by atoms with Gasteiger partial charge in [0.1, 0.15) is 6.61 Å². The van der Waals surface area contributed by atoms with E-state index in [0.29, 0.717) is 18.1 Å². The molecule has 1 aliphatic rings. The van der Waals surface area contributed by atoms with E-state index in [1.807, 2.05) is 31.2 Å². The summed E-state index contributed by atoms with van der Waals surface area (Å²) in [6.45, 7) is 6.00. The summed E-state index contributed by atoms with van der Waals surface area (Å²) in [5.41, 5.74) is 4.00. The first-order chi connectivity index (χ1) is 17.0. The number of carboxylic acid groups (broad SMARTS) is 1. The van der Waals surface area contributed by atoms with Gasteiger partial charge in [-0.25, -0.2) is 4.79 Å². The van der Waals surface area contributed by atoms with Gasteiger partial charge in [-0.15, -0.1) is 0 Å². The van der Waals surface area contributed by atoms with Crippen molar-refractivity contribution in [2.45, 2.75) is 13.5 Å². The number of hydrogen-bond acceptors (Lipinski definition) is 6. The minimum atomic E-state index is -0.954. The number of nitrogens with zero attached hydrogens (tertiary/aromatic N) is 2. The van der Waals surface area contributed by atoms with Crippen LogP contribution in [0.5, 0.6) is 11.5 Å². The van der Waals surface area contributed by atoms with Crippen LogP contribution in [0.15, 0.2) is 70.1 Å². The highest BCUT2D eigenvalue weighted by Crippen LogP contribution is 2.37. The molecule has 0 aliphatic carbocycles. The molecule has 1 heterocycles.